The van der Waals surface area contributed by atoms with Gasteiger partial charge in [-0.25, -0.2) is 0 Å². The molecular formula is C19H30N4O3. The Morgan fingerprint density at radius 1 is 1.08 bits per heavy atom. The quantitative estimate of drug-likeness (QED) is 0.461. The van der Waals surface area contributed by atoms with E-state index in [1.165, 1.54) is 0 Å². The fourth-order valence-electron chi connectivity index (χ4n) is 2.53. The number of hydrogen-bond donors (Lipinski definition) is 3. The van der Waals surface area contributed by atoms with E-state index in [9.17, 15) is 14.4 Å². The van der Waals surface area contributed by atoms with Gasteiger partial charge in [0, 0.05) is 25.4 Å². The molecule has 0 aliphatic rings. The average Bonchev–Trinajstić information content (AvgIpc) is 2.62. The second kappa shape index (κ2) is 12.9. The fourth-order valence-corrected chi connectivity index (χ4v) is 2.53. The predicted molar refractivity (Wildman–Crippen MR) is 100 cm³/mol. The van der Waals surface area contributed by atoms with Crippen LogP contribution >= 0.6 is 0 Å². The predicted octanol–water partition coefficient (Wildman–Crippen LogP) is 1.46. The second-order valence-electron chi connectivity index (χ2n) is 6.35. The van der Waals surface area contributed by atoms with Crippen molar-refractivity contribution in [3.05, 3.63) is 30.1 Å². The highest BCUT2D eigenvalue weighted by atomic mass is 16.2. The van der Waals surface area contributed by atoms with E-state index in [0.29, 0.717) is 19.4 Å². The number of carbonyl (C=O) groups excluding carboxylic acids is 3. The number of aromatic nitrogens is 1. The van der Waals surface area contributed by atoms with Gasteiger partial charge < -0.3 is 16.4 Å². The van der Waals surface area contributed by atoms with Crippen LogP contribution in [0, 0.1) is 0 Å². The maximum absolute atomic E-state index is 12.0. The monoisotopic (exact) mass is 362 g/mol. The molecule has 26 heavy (non-hydrogen) atoms. The number of nitrogens with two attached hydrogens (primary N) is 1. The summed E-state index contributed by atoms with van der Waals surface area (Å²) < 4.78 is 0. The molecule has 1 unspecified atom stereocenters. The van der Waals surface area contributed by atoms with Crippen LogP contribution in [0.15, 0.2) is 24.5 Å². The highest BCUT2D eigenvalue weighted by molar-refractivity contribution is 5.91. The van der Waals surface area contributed by atoms with E-state index in [-0.39, 0.29) is 18.2 Å². The van der Waals surface area contributed by atoms with Crippen molar-refractivity contribution in [3.63, 3.8) is 0 Å². The highest BCUT2D eigenvalue weighted by Crippen LogP contribution is 2.05. The van der Waals surface area contributed by atoms with Crippen molar-refractivity contribution >= 4 is 17.7 Å². The lowest BCUT2D eigenvalue weighted by Gasteiger charge is -2.15. The molecule has 1 rings (SSSR count). The van der Waals surface area contributed by atoms with Crippen LogP contribution in [0.25, 0.3) is 0 Å². The largest absolute Gasteiger partial charge is 0.368 e. The van der Waals surface area contributed by atoms with E-state index in [2.05, 4.69) is 22.5 Å². The van der Waals surface area contributed by atoms with Crippen LogP contribution < -0.4 is 16.4 Å². The SMILES string of the molecule is CCCCCCCC(=O)NC(CC(=O)NCCc1ccncc1)C(N)=O. The Hall–Kier alpha value is -2.44. The lowest BCUT2D eigenvalue weighted by Crippen LogP contribution is -2.47. The van der Waals surface area contributed by atoms with Gasteiger partial charge in [-0.3, -0.25) is 19.4 Å². The molecule has 0 aromatic carbocycles. The summed E-state index contributed by atoms with van der Waals surface area (Å²) in [6, 6.07) is 2.78. The summed E-state index contributed by atoms with van der Waals surface area (Å²) in [5.41, 5.74) is 6.37. The van der Waals surface area contributed by atoms with Crippen molar-refractivity contribution in [2.24, 2.45) is 5.73 Å². The zero-order valence-corrected chi connectivity index (χ0v) is 15.5. The summed E-state index contributed by atoms with van der Waals surface area (Å²) >= 11 is 0. The maximum Gasteiger partial charge on any atom is 0.240 e. The van der Waals surface area contributed by atoms with Gasteiger partial charge in [-0.1, -0.05) is 32.6 Å². The minimum atomic E-state index is -0.973. The van der Waals surface area contributed by atoms with Crippen molar-refractivity contribution in [1.82, 2.24) is 15.6 Å². The summed E-state index contributed by atoms with van der Waals surface area (Å²) in [5.74, 6) is -1.25. The number of nitrogens with zero attached hydrogens (tertiary/aromatic N) is 1. The minimum absolute atomic E-state index is 0.146. The Balaban J connectivity index is 2.29. The Kier molecular flexibility index (Phi) is 10.7. The number of pyridine rings is 1. The molecule has 1 aromatic heterocycles. The first-order valence-electron chi connectivity index (χ1n) is 9.27. The minimum Gasteiger partial charge on any atom is -0.368 e. The molecule has 0 fully saturated rings. The topological polar surface area (TPSA) is 114 Å². The van der Waals surface area contributed by atoms with E-state index in [1.54, 1.807) is 12.4 Å². The second-order valence-corrected chi connectivity index (χ2v) is 6.35. The molecule has 0 spiro atoms. The van der Waals surface area contributed by atoms with Gasteiger partial charge in [0.05, 0.1) is 6.42 Å². The number of hydrogen-bond acceptors (Lipinski definition) is 4. The molecule has 0 saturated heterocycles. The summed E-state index contributed by atoms with van der Waals surface area (Å²) in [7, 11) is 0. The molecule has 1 atom stereocenters. The van der Waals surface area contributed by atoms with Crippen LogP contribution in [0.3, 0.4) is 0 Å². The summed E-state index contributed by atoms with van der Waals surface area (Å²) in [5, 5.41) is 5.30. The van der Waals surface area contributed by atoms with Gasteiger partial charge in [-0.2, -0.15) is 0 Å². The van der Waals surface area contributed by atoms with E-state index < -0.39 is 11.9 Å². The van der Waals surface area contributed by atoms with Gasteiger partial charge in [0.15, 0.2) is 0 Å². The third-order valence-corrected chi connectivity index (χ3v) is 4.06. The maximum atomic E-state index is 12.0. The molecule has 1 aromatic rings. The summed E-state index contributed by atoms with van der Waals surface area (Å²) in [4.78, 5) is 39.3. The number of unbranched alkanes of at least 4 members (excludes halogenated alkanes) is 4. The first-order valence-corrected chi connectivity index (χ1v) is 9.27. The van der Waals surface area contributed by atoms with Crippen LogP contribution in [0.1, 0.15) is 57.4 Å². The standard InChI is InChI=1S/C19H30N4O3/c1-2-3-4-5-6-7-17(24)23-16(19(20)26)14-18(25)22-13-10-15-8-11-21-12-9-15/h8-9,11-12,16H,2-7,10,13-14H2,1H3,(H2,20,26)(H,22,25)(H,23,24). The summed E-state index contributed by atoms with van der Waals surface area (Å²) in [6.45, 7) is 2.58. The Labute approximate surface area is 155 Å². The molecule has 0 bridgehead atoms. The normalized spacial score (nSPS) is 11.6. The zero-order valence-electron chi connectivity index (χ0n) is 15.5. The van der Waals surface area contributed by atoms with Crippen molar-refractivity contribution in [2.75, 3.05) is 6.54 Å². The van der Waals surface area contributed by atoms with E-state index in [4.69, 9.17) is 5.73 Å². The van der Waals surface area contributed by atoms with E-state index in [0.717, 1.165) is 37.7 Å². The van der Waals surface area contributed by atoms with Crippen LogP contribution in [0.4, 0.5) is 0 Å². The van der Waals surface area contributed by atoms with Gasteiger partial charge in [0.25, 0.3) is 0 Å². The van der Waals surface area contributed by atoms with Gasteiger partial charge in [0.2, 0.25) is 17.7 Å². The van der Waals surface area contributed by atoms with Gasteiger partial charge in [0.1, 0.15) is 6.04 Å². The number of amides is 3. The lowest BCUT2D eigenvalue weighted by molar-refractivity contribution is -0.130. The Morgan fingerprint density at radius 2 is 1.77 bits per heavy atom. The molecule has 7 nitrogen and oxygen atoms in total. The molecule has 4 N–H and O–H groups in total. The third kappa shape index (κ3) is 9.76. The summed E-state index contributed by atoms with van der Waals surface area (Å²) in [6.07, 6.45) is 9.41. The van der Waals surface area contributed by atoms with Crippen molar-refractivity contribution < 1.29 is 14.4 Å². The Bertz CT molecular complexity index is 563. The number of primary amides is 1. The van der Waals surface area contributed by atoms with Crippen molar-refractivity contribution in [3.8, 4) is 0 Å². The fraction of sp³-hybridized carbons (Fsp3) is 0.579. The molecule has 0 radical (unpaired) electrons. The first kappa shape index (κ1) is 21.6. The number of carbonyl (C=O) groups is 3. The van der Waals surface area contributed by atoms with Crippen LogP contribution in [0.5, 0.6) is 0 Å². The average molecular weight is 362 g/mol. The molecule has 144 valence electrons. The van der Waals surface area contributed by atoms with E-state index >= 15 is 0 Å². The molecule has 3 amide bonds. The molecular weight excluding hydrogens is 332 g/mol. The first-order chi connectivity index (χ1) is 12.5. The van der Waals surface area contributed by atoms with Crippen molar-refractivity contribution in [2.45, 2.75) is 64.3 Å². The van der Waals surface area contributed by atoms with Crippen molar-refractivity contribution in [1.29, 1.82) is 0 Å². The molecule has 1 heterocycles. The lowest BCUT2D eigenvalue weighted by atomic mass is 10.1. The molecule has 7 heteroatoms. The molecule has 0 aliphatic heterocycles. The highest BCUT2D eigenvalue weighted by Gasteiger charge is 2.21. The van der Waals surface area contributed by atoms with Crippen LogP contribution in [0.2, 0.25) is 0 Å². The smallest absolute Gasteiger partial charge is 0.240 e. The molecule has 0 saturated carbocycles. The molecule has 0 aliphatic carbocycles. The number of nitrogens with one attached hydrogen (secondary N) is 2. The zero-order chi connectivity index (χ0) is 19.2. The third-order valence-electron chi connectivity index (χ3n) is 4.06. The number of rotatable bonds is 13. The van der Waals surface area contributed by atoms with Gasteiger partial charge >= 0.3 is 0 Å². The Morgan fingerprint density at radius 3 is 2.42 bits per heavy atom. The van der Waals surface area contributed by atoms with Crippen LogP contribution in [-0.2, 0) is 20.8 Å². The van der Waals surface area contributed by atoms with Gasteiger partial charge in [-0.15, -0.1) is 0 Å². The van der Waals surface area contributed by atoms with E-state index in [1.807, 2.05) is 12.1 Å². The van der Waals surface area contributed by atoms with Crippen LogP contribution in [-0.4, -0.2) is 35.3 Å². The van der Waals surface area contributed by atoms with Gasteiger partial charge in [-0.05, 0) is 30.5 Å².